The highest BCUT2D eigenvalue weighted by molar-refractivity contribution is 5.57. The Labute approximate surface area is 94.9 Å². The van der Waals surface area contributed by atoms with E-state index in [9.17, 15) is 0 Å². The zero-order valence-corrected chi connectivity index (χ0v) is 9.33. The Balaban J connectivity index is 1.85. The first-order valence-electron chi connectivity index (χ1n) is 5.75. The third kappa shape index (κ3) is 1.48. The van der Waals surface area contributed by atoms with Gasteiger partial charge >= 0.3 is 0 Å². The Hall–Kier alpha value is -1.77. The Morgan fingerprint density at radius 3 is 3.00 bits per heavy atom. The average Bonchev–Trinajstić information content (AvgIpc) is 2.95. The molecular weight excluding hydrogens is 198 g/mol. The molecule has 2 aromatic rings. The normalized spacial score (nSPS) is 18.2. The highest BCUT2D eigenvalue weighted by atomic mass is 15.0. The maximum atomic E-state index is 4.43. The van der Waals surface area contributed by atoms with E-state index in [1.807, 2.05) is 6.20 Å². The van der Waals surface area contributed by atoms with Crippen molar-refractivity contribution in [3.8, 4) is 0 Å². The van der Waals surface area contributed by atoms with Crippen LogP contribution in [0.4, 0.5) is 5.69 Å². The van der Waals surface area contributed by atoms with Crippen LogP contribution >= 0.6 is 0 Å². The number of nitrogens with zero attached hydrogens (tertiary/aromatic N) is 1. The quantitative estimate of drug-likeness (QED) is 0.805. The minimum absolute atomic E-state index is 0.303. The van der Waals surface area contributed by atoms with Gasteiger partial charge in [0.2, 0.25) is 0 Å². The van der Waals surface area contributed by atoms with E-state index in [2.05, 4.69) is 46.5 Å². The number of aromatic amines is 1. The molecule has 1 unspecified atom stereocenters. The van der Waals surface area contributed by atoms with E-state index in [1.165, 1.54) is 16.9 Å². The summed E-state index contributed by atoms with van der Waals surface area (Å²) in [5.74, 6) is 1.05. The number of fused-ring (bicyclic) bond motifs is 1. The van der Waals surface area contributed by atoms with Gasteiger partial charge < -0.3 is 10.3 Å². The second-order valence-electron chi connectivity index (χ2n) is 4.21. The lowest BCUT2D eigenvalue weighted by atomic mass is 10.1. The van der Waals surface area contributed by atoms with E-state index in [4.69, 9.17) is 0 Å². The molecule has 2 N–H and O–H groups in total. The zero-order valence-electron chi connectivity index (χ0n) is 9.33. The second-order valence-corrected chi connectivity index (χ2v) is 4.21. The number of aromatic nitrogens is 2. The number of imidazole rings is 1. The molecule has 0 amide bonds. The number of benzene rings is 1. The maximum absolute atomic E-state index is 4.43. The average molecular weight is 213 g/mol. The van der Waals surface area contributed by atoms with E-state index in [0.717, 1.165) is 18.7 Å². The number of hydrogen-bond acceptors (Lipinski definition) is 2. The van der Waals surface area contributed by atoms with Gasteiger partial charge in [0.15, 0.2) is 0 Å². The zero-order chi connectivity index (χ0) is 11.0. The van der Waals surface area contributed by atoms with Crippen molar-refractivity contribution in [1.82, 2.24) is 9.97 Å². The SMILES string of the molecule is CCc1cnc(C2Cc3ccccc3N2)[nH]1. The number of hydrogen-bond donors (Lipinski definition) is 2. The molecule has 16 heavy (non-hydrogen) atoms. The van der Waals surface area contributed by atoms with Crippen LogP contribution < -0.4 is 5.32 Å². The van der Waals surface area contributed by atoms with Gasteiger partial charge in [-0.05, 0) is 18.1 Å². The Morgan fingerprint density at radius 1 is 1.38 bits per heavy atom. The Kier molecular flexibility index (Phi) is 2.17. The van der Waals surface area contributed by atoms with Gasteiger partial charge in [0.25, 0.3) is 0 Å². The topological polar surface area (TPSA) is 40.7 Å². The van der Waals surface area contributed by atoms with Crippen molar-refractivity contribution in [2.24, 2.45) is 0 Å². The van der Waals surface area contributed by atoms with Gasteiger partial charge in [0, 0.05) is 24.0 Å². The summed E-state index contributed by atoms with van der Waals surface area (Å²) in [5.41, 5.74) is 3.82. The summed E-state index contributed by atoms with van der Waals surface area (Å²) in [5, 5.41) is 3.49. The molecule has 0 radical (unpaired) electrons. The number of nitrogens with one attached hydrogen (secondary N) is 2. The van der Waals surface area contributed by atoms with Gasteiger partial charge in [-0.25, -0.2) is 4.98 Å². The summed E-state index contributed by atoms with van der Waals surface area (Å²) < 4.78 is 0. The number of aryl methyl sites for hydroxylation is 1. The molecule has 0 spiro atoms. The molecule has 2 heterocycles. The summed E-state index contributed by atoms with van der Waals surface area (Å²) in [4.78, 5) is 7.80. The van der Waals surface area contributed by atoms with Crippen molar-refractivity contribution < 1.29 is 0 Å². The predicted molar refractivity (Wildman–Crippen MR) is 64.5 cm³/mol. The Morgan fingerprint density at radius 2 is 2.25 bits per heavy atom. The van der Waals surface area contributed by atoms with Crippen molar-refractivity contribution in [1.29, 1.82) is 0 Å². The lowest BCUT2D eigenvalue weighted by Gasteiger charge is -2.07. The minimum atomic E-state index is 0.303. The number of para-hydroxylation sites is 1. The molecule has 1 atom stereocenters. The van der Waals surface area contributed by atoms with Crippen LogP contribution in [-0.2, 0) is 12.8 Å². The Bertz CT molecular complexity index is 476. The van der Waals surface area contributed by atoms with Crippen LogP contribution in [0.3, 0.4) is 0 Å². The van der Waals surface area contributed by atoms with Gasteiger partial charge in [-0.2, -0.15) is 0 Å². The van der Waals surface area contributed by atoms with E-state index in [-0.39, 0.29) is 0 Å². The second kappa shape index (κ2) is 3.67. The largest absolute Gasteiger partial charge is 0.375 e. The number of H-pyrrole nitrogens is 1. The van der Waals surface area contributed by atoms with Crippen molar-refractivity contribution in [3.63, 3.8) is 0 Å². The minimum Gasteiger partial charge on any atom is -0.375 e. The first kappa shape index (κ1) is 9.46. The molecule has 3 nitrogen and oxygen atoms in total. The monoisotopic (exact) mass is 213 g/mol. The number of anilines is 1. The van der Waals surface area contributed by atoms with Gasteiger partial charge in [-0.1, -0.05) is 25.1 Å². The highest BCUT2D eigenvalue weighted by Crippen LogP contribution is 2.32. The summed E-state index contributed by atoms with van der Waals surface area (Å²) >= 11 is 0. The van der Waals surface area contributed by atoms with Crippen LogP contribution in [0, 0.1) is 0 Å². The predicted octanol–water partition coefficient (Wildman–Crippen LogP) is 2.68. The van der Waals surface area contributed by atoms with Gasteiger partial charge in [0.05, 0.1) is 6.04 Å². The molecule has 0 saturated heterocycles. The van der Waals surface area contributed by atoms with Crippen LogP contribution in [-0.4, -0.2) is 9.97 Å². The fourth-order valence-corrected chi connectivity index (χ4v) is 2.20. The molecule has 1 aromatic carbocycles. The highest BCUT2D eigenvalue weighted by Gasteiger charge is 2.23. The van der Waals surface area contributed by atoms with Crippen LogP contribution in [0.25, 0.3) is 0 Å². The van der Waals surface area contributed by atoms with Crippen LogP contribution in [0.15, 0.2) is 30.5 Å². The van der Waals surface area contributed by atoms with Gasteiger partial charge in [0.1, 0.15) is 5.82 Å². The third-order valence-corrected chi connectivity index (χ3v) is 3.13. The van der Waals surface area contributed by atoms with Crippen LogP contribution in [0.1, 0.15) is 30.0 Å². The molecule has 0 bridgehead atoms. The van der Waals surface area contributed by atoms with E-state index < -0.39 is 0 Å². The maximum Gasteiger partial charge on any atom is 0.129 e. The van der Waals surface area contributed by atoms with Crippen molar-refractivity contribution >= 4 is 5.69 Å². The molecule has 1 aliphatic rings. The summed E-state index contributed by atoms with van der Waals surface area (Å²) in [6, 6.07) is 8.75. The lowest BCUT2D eigenvalue weighted by Crippen LogP contribution is -2.07. The lowest BCUT2D eigenvalue weighted by molar-refractivity contribution is 0.760. The van der Waals surface area contributed by atoms with Crippen molar-refractivity contribution in [3.05, 3.63) is 47.5 Å². The summed E-state index contributed by atoms with van der Waals surface area (Å²) in [6.45, 7) is 2.13. The molecule has 0 fully saturated rings. The van der Waals surface area contributed by atoms with E-state index in [1.54, 1.807) is 0 Å². The number of rotatable bonds is 2. The molecule has 1 aromatic heterocycles. The summed E-state index contributed by atoms with van der Waals surface area (Å²) in [7, 11) is 0. The van der Waals surface area contributed by atoms with Gasteiger partial charge in [-0.3, -0.25) is 0 Å². The molecule has 0 saturated carbocycles. The molecule has 0 aliphatic carbocycles. The smallest absolute Gasteiger partial charge is 0.129 e. The fraction of sp³-hybridized carbons (Fsp3) is 0.308. The standard InChI is InChI=1S/C13H15N3/c1-2-10-8-14-13(15-10)12-7-9-5-3-4-6-11(9)16-12/h3-6,8,12,16H,2,7H2,1H3,(H,14,15). The first-order chi connectivity index (χ1) is 7.86. The van der Waals surface area contributed by atoms with Gasteiger partial charge in [-0.15, -0.1) is 0 Å². The molecule has 82 valence electrons. The molecular formula is C13H15N3. The van der Waals surface area contributed by atoms with E-state index in [0.29, 0.717) is 6.04 Å². The first-order valence-corrected chi connectivity index (χ1v) is 5.75. The van der Waals surface area contributed by atoms with Crippen molar-refractivity contribution in [2.75, 3.05) is 5.32 Å². The fourth-order valence-electron chi connectivity index (χ4n) is 2.20. The van der Waals surface area contributed by atoms with Crippen LogP contribution in [0.2, 0.25) is 0 Å². The van der Waals surface area contributed by atoms with E-state index >= 15 is 0 Å². The third-order valence-electron chi connectivity index (χ3n) is 3.13. The molecule has 3 heteroatoms. The molecule has 1 aliphatic heterocycles. The molecule has 3 rings (SSSR count). The van der Waals surface area contributed by atoms with Crippen molar-refractivity contribution in [2.45, 2.75) is 25.8 Å². The summed E-state index contributed by atoms with van der Waals surface area (Å²) in [6.07, 6.45) is 3.96. The van der Waals surface area contributed by atoms with Crippen LogP contribution in [0.5, 0.6) is 0 Å².